The summed E-state index contributed by atoms with van der Waals surface area (Å²) in [6.07, 6.45) is 3.25. The van der Waals surface area contributed by atoms with Crippen molar-refractivity contribution in [2.45, 2.75) is 44.9 Å². The number of hydrogen-bond acceptors (Lipinski definition) is 2. The highest BCUT2D eigenvalue weighted by atomic mass is 16.3. The fourth-order valence-corrected chi connectivity index (χ4v) is 4.89. The van der Waals surface area contributed by atoms with Crippen LogP contribution in [0.5, 0.6) is 0 Å². The van der Waals surface area contributed by atoms with Crippen molar-refractivity contribution < 1.29 is 4.42 Å². The number of nitrogens with zero attached hydrogens (tertiary/aromatic N) is 1. The number of aromatic nitrogens is 1. The van der Waals surface area contributed by atoms with E-state index in [0.29, 0.717) is 0 Å². The zero-order valence-corrected chi connectivity index (χ0v) is 15.8. The lowest BCUT2D eigenvalue weighted by molar-refractivity contribution is 0.403. The van der Waals surface area contributed by atoms with E-state index in [9.17, 15) is 0 Å². The van der Waals surface area contributed by atoms with Gasteiger partial charge in [0.1, 0.15) is 11.2 Å². The van der Waals surface area contributed by atoms with Gasteiger partial charge in [0, 0.05) is 22.5 Å². The number of pyridine rings is 1. The molecule has 2 heteroatoms. The lowest BCUT2D eigenvalue weighted by Crippen LogP contribution is -2.17. The predicted octanol–water partition coefficient (Wildman–Crippen LogP) is 6.61. The summed E-state index contributed by atoms with van der Waals surface area (Å²) in [6.45, 7) is 9.34. The summed E-state index contributed by atoms with van der Waals surface area (Å²) in [6, 6.07) is 16.9. The molecule has 5 rings (SSSR count). The molecule has 2 heterocycles. The van der Waals surface area contributed by atoms with Gasteiger partial charge in [-0.05, 0) is 58.7 Å². The molecule has 0 saturated carbocycles. The smallest absolute Gasteiger partial charge is 0.135 e. The Morgan fingerprint density at radius 1 is 0.808 bits per heavy atom. The summed E-state index contributed by atoms with van der Waals surface area (Å²) in [7, 11) is 0. The van der Waals surface area contributed by atoms with E-state index in [1.165, 1.54) is 11.1 Å². The third kappa shape index (κ3) is 2.14. The highest BCUT2D eigenvalue weighted by molar-refractivity contribution is 6.06. The third-order valence-electron chi connectivity index (χ3n) is 5.92. The van der Waals surface area contributed by atoms with Gasteiger partial charge in [-0.15, -0.1) is 0 Å². The molecule has 0 fully saturated rings. The maximum absolute atomic E-state index is 5.96. The first-order chi connectivity index (χ1) is 12.4. The molecular weight excluding hydrogens is 318 g/mol. The largest absolute Gasteiger partial charge is 0.456 e. The monoisotopic (exact) mass is 341 g/mol. The van der Waals surface area contributed by atoms with E-state index in [2.05, 4.69) is 70.3 Å². The van der Waals surface area contributed by atoms with Gasteiger partial charge in [0.05, 0.1) is 5.69 Å². The van der Waals surface area contributed by atoms with Gasteiger partial charge in [0.25, 0.3) is 0 Å². The Morgan fingerprint density at radius 3 is 2.38 bits per heavy atom. The van der Waals surface area contributed by atoms with E-state index < -0.39 is 0 Å². The molecule has 0 saturated heterocycles. The van der Waals surface area contributed by atoms with Crippen LogP contribution in [0.1, 0.15) is 45.2 Å². The fraction of sp³-hybridized carbons (Fsp3) is 0.292. The van der Waals surface area contributed by atoms with Crippen molar-refractivity contribution in [1.29, 1.82) is 0 Å². The van der Waals surface area contributed by atoms with E-state index in [0.717, 1.165) is 39.6 Å². The van der Waals surface area contributed by atoms with Crippen LogP contribution in [0.2, 0.25) is 0 Å². The molecule has 0 atom stereocenters. The Hall–Kier alpha value is -2.61. The topological polar surface area (TPSA) is 26.0 Å². The van der Waals surface area contributed by atoms with Crippen LogP contribution in [0.15, 0.2) is 59.1 Å². The summed E-state index contributed by atoms with van der Waals surface area (Å²) in [4.78, 5) is 4.82. The van der Waals surface area contributed by atoms with Gasteiger partial charge < -0.3 is 4.42 Å². The van der Waals surface area contributed by atoms with Crippen molar-refractivity contribution in [3.63, 3.8) is 0 Å². The maximum Gasteiger partial charge on any atom is 0.135 e. The summed E-state index contributed by atoms with van der Waals surface area (Å²) in [5.41, 5.74) is 7.25. The summed E-state index contributed by atoms with van der Waals surface area (Å²) >= 11 is 0. The minimum absolute atomic E-state index is 0.183. The normalized spacial score (nSPS) is 17.7. The molecule has 26 heavy (non-hydrogen) atoms. The quantitative estimate of drug-likeness (QED) is 0.389. The summed E-state index contributed by atoms with van der Waals surface area (Å²) < 4.78 is 5.96. The molecule has 0 amide bonds. The van der Waals surface area contributed by atoms with Crippen LogP contribution in [-0.4, -0.2) is 4.98 Å². The third-order valence-corrected chi connectivity index (χ3v) is 5.92. The molecule has 0 bridgehead atoms. The molecule has 2 nitrogen and oxygen atoms in total. The molecule has 0 aliphatic heterocycles. The van der Waals surface area contributed by atoms with E-state index in [1.54, 1.807) is 0 Å². The Balaban J connectivity index is 1.70. The number of furan rings is 1. The fourth-order valence-electron chi connectivity index (χ4n) is 4.89. The van der Waals surface area contributed by atoms with Crippen LogP contribution in [0, 0.1) is 0 Å². The number of rotatable bonds is 1. The van der Waals surface area contributed by atoms with Crippen LogP contribution >= 0.6 is 0 Å². The van der Waals surface area contributed by atoms with Crippen molar-refractivity contribution in [3.8, 4) is 11.3 Å². The van der Waals surface area contributed by atoms with Crippen molar-refractivity contribution in [2.24, 2.45) is 0 Å². The summed E-state index contributed by atoms with van der Waals surface area (Å²) in [5, 5.41) is 2.31. The minimum atomic E-state index is 0.183. The molecular formula is C24H23NO. The maximum atomic E-state index is 5.96. The Bertz CT molecular complexity index is 1160. The highest BCUT2D eigenvalue weighted by Crippen LogP contribution is 2.49. The average Bonchev–Trinajstić information content (AvgIpc) is 3.06. The molecule has 0 N–H and O–H groups in total. The minimum Gasteiger partial charge on any atom is -0.456 e. The first-order valence-electron chi connectivity index (χ1n) is 9.28. The predicted molar refractivity (Wildman–Crippen MR) is 108 cm³/mol. The van der Waals surface area contributed by atoms with Gasteiger partial charge in [0.15, 0.2) is 0 Å². The number of hydrogen-bond donors (Lipinski definition) is 0. The van der Waals surface area contributed by atoms with Gasteiger partial charge in [-0.2, -0.15) is 0 Å². The van der Waals surface area contributed by atoms with Gasteiger partial charge in [0.2, 0.25) is 0 Å². The van der Waals surface area contributed by atoms with Crippen molar-refractivity contribution >= 4 is 21.9 Å². The van der Waals surface area contributed by atoms with Crippen molar-refractivity contribution in [3.05, 3.63) is 65.9 Å². The van der Waals surface area contributed by atoms with E-state index in [4.69, 9.17) is 9.40 Å². The van der Waals surface area contributed by atoms with Crippen LogP contribution in [0.4, 0.5) is 0 Å². The van der Waals surface area contributed by atoms with Crippen LogP contribution in [0.25, 0.3) is 33.2 Å². The molecule has 2 aromatic heterocycles. The average molecular weight is 341 g/mol. The van der Waals surface area contributed by atoms with E-state index >= 15 is 0 Å². The number of para-hydroxylation sites is 1. The molecule has 2 aromatic carbocycles. The first-order valence-corrected chi connectivity index (χ1v) is 9.28. The zero-order chi connectivity index (χ0) is 18.1. The second kappa shape index (κ2) is 4.97. The van der Waals surface area contributed by atoms with Crippen LogP contribution in [0.3, 0.4) is 0 Å². The van der Waals surface area contributed by atoms with Crippen LogP contribution < -0.4 is 0 Å². The second-order valence-electron chi connectivity index (χ2n) is 8.87. The van der Waals surface area contributed by atoms with Gasteiger partial charge in [-0.25, -0.2) is 0 Å². The van der Waals surface area contributed by atoms with Gasteiger partial charge >= 0.3 is 0 Å². The lowest BCUT2D eigenvalue weighted by atomic mass is 9.82. The highest BCUT2D eigenvalue weighted by Gasteiger charge is 2.42. The molecule has 0 unspecified atom stereocenters. The van der Waals surface area contributed by atoms with Crippen molar-refractivity contribution in [2.75, 3.05) is 0 Å². The first kappa shape index (κ1) is 15.6. The molecule has 1 aliphatic rings. The van der Waals surface area contributed by atoms with Crippen LogP contribution in [-0.2, 0) is 10.8 Å². The lowest BCUT2D eigenvalue weighted by Gasteiger charge is -2.22. The van der Waals surface area contributed by atoms with Gasteiger partial charge in [-0.3, -0.25) is 4.98 Å². The number of benzene rings is 2. The Kier molecular flexibility index (Phi) is 2.99. The molecule has 0 spiro atoms. The SMILES string of the molecule is CC1(C)CC(C)(C)c2cc(-c3ccc4oc5ccccc5c4c3)ncc21. The number of fused-ring (bicyclic) bond motifs is 4. The standard InChI is InChI=1S/C24H23NO/c1-23(2)14-24(3,4)19-13-25-20(12-18(19)23)15-9-10-22-17(11-15)16-7-5-6-8-21(16)26-22/h5-13H,14H2,1-4H3. The molecule has 130 valence electrons. The molecule has 0 radical (unpaired) electrons. The van der Waals surface area contributed by atoms with Gasteiger partial charge in [-0.1, -0.05) is 45.9 Å². The summed E-state index contributed by atoms with van der Waals surface area (Å²) in [5.74, 6) is 0. The van der Waals surface area contributed by atoms with E-state index in [-0.39, 0.29) is 10.8 Å². The van der Waals surface area contributed by atoms with E-state index in [1.807, 2.05) is 12.1 Å². The molecule has 4 aromatic rings. The zero-order valence-electron chi connectivity index (χ0n) is 15.8. The second-order valence-corrected chi connectivity index (χ2v) is 8.87. The molecule has 1 aliphatic carbocycles. The Labute approximate surface area is 153 Å². The van der Waals surface area contributed by atoms with Crippen molar-refractivity contribution in [1.82, 2.24) is 4.98 Å². The Morgan fingerprint density at radius 2 is 1.54 bits per heavy atom.